The number of aliphatic hydroxyl groups is 2. The van der Waals surface area contributed by atoms with E-state index >= 15 is 0 Å². The molecule has 1 unspecified atom stereocenters. The van der Waals surface area contributed by atoms with Gasteiger partial charge in [-0.05, 0) is 6.92 Å². The fourth-order valence-corrected chi connectivity index (χ4v) is 2.20. The van der Waals surface area contributed by atoms with E-state index in [1.807, 2.05) is 0 Å². The third-order valence-electron chi connectivity index (χ3n) is 2.89. The van der Waals surface area contributed by atoms with Crippen molar-refractivity contribution in [3.8, 4) is 0 Å². The fraction of sp³-hybridized carbons (Fsp3) is 0.600. The lowest BCUT2D eigenvalue weighted by molar-refractivity contribution is -0.0458. The molecule has 0 amide bonds. The normalized spacial score (nSPS) is 31.8. The second-order valence-corrected chi connectivity index (χ2v) is 4.67. The number of nitrogens with one attached hydrogen (secondary N) is 1. The highest BCUT2D eigenvalue weighted by atomic mass is 35.5. The summed E-state index contributed by atoms with van der Waals surface area (Å²) >= 11 is 5.96. The zero-order valence-electron chi connectivity index (χ0n) is 9.54. The highest BCUT2D eigenvalue weighted by molar-refractivity contribution is 6.21. The first-order valence-electron chi connectivity index (χ1n) is 5.36. The van der Waals surface area contributed by atoms with Gasteiger partial charge in [-0.1, -0.05) is 0 Å². The van der Waals surface area contributed by atoms with Crippen LogP contribution in [0.4, 0.5) is 0 Å². The van der Waals surface area contributed by atoms with Gasteiger partial charge >= 0.3 is 5.69 Å². The number of aryl methyl sites for hydroxylation is 1. The van der Waals surface area contributed by atoms with Crippen LogP contribution in [0.25, 0.3) is 0 Å². The number of aliphatic hydroxyl groups excluding tert-OH is 2. The van der Waals surface area contributed by atoms with Gasteiger partial charge in [0, 0.05) is 11.8 Å². The van der Waals surface area contributed by atoms with Crippen molar-refractivity contribution in [3.63, 3.8) is 0 Å². The van der Waals surface area contributed by atoms with Crippen molar-refractivity contribution in [2.75, 3.05) is 6.61 Å². The molecule has 1 aliphatic heterocycles. The summed E-state index contributed by atoms with van der Waals surface area (Å²) in [6.45, 7) is 1.13. The zero-order chi connectivity index (χ0) is 13.4. The van der Waals surface area contributed by atoms with Gasteiger partial charge in [0.25, 0.3) is 5.56 Å². The van der Waals surface area contributed by atoms with Crippen molar-refractivity contribution in [1.29, 1.82) is 0 Å². The van der Waals surface area contributed by atoms with E-state index in [0.29, 0.717) is 5.56 Å². The topological polar surface area (TPSA) is 105 Å². The second-order valence-electron chi connectivity index (χ2n) is 4.16. The van der Waals surface area contributed by atoms with Crippen LogP contribution in [0.3, 0.4) is 0 Å². The minimum absolute atomic E-state index is 0.323. The summed E-state index contributed by atoms with van der Waals surface area (Å²) in [6.07, 6.45) is -1.55. The van der Waals surface area contributed by atoms with Gasteiger partial charge in [-0.15, -0.1) is 11.6 Å². The largest absolute Gasteiger partial charge is 0.394 e. The maximum absolute atomic E-state index is 11.7. The zero-order valence-corrected chi connectivity index (χ0v) is 10.3. The molecule has 1 saturated heterocycles. The maximum Gasteiger partial charge on any atom is 0.330 e. The first-order valence-corrected chi connectivity index (χ1v) is 5.80. The Hall–Kier alpha value is -1.15. The third kappa shape index (κ3) is 2.10. The van der Waals surface area contributed by atoms with Crippen LogP contribution in [0, 0.1) is 6.92 Å². The number of nitrogens with zero attached hydrogens (tertiary/aromatic N) is 1. The molecule has 8 heteroatoms. The van der Waals surface area contributed by atoms with Gasteiger partial charge in [0.1, 0.15) is 17.6 Å². The molecule has 1 fully saturated rings. The van der Waals surface area contributed by atoms with Crippen molar-refractivity contribution < 1.29 is 14.9 Å². The molecule has 100 valence electrons. The van der Waals surface area contributed by atoms with Crippen LogP contribution < -0.4 is 11.2 Å². The Bertz CT molecular complexity index is 554. The molecular formula is C10H13ClN2O5. The van der Waals surface area contributed by atoms with Crippen LogP contribution >= 0.6 is 11.6 Å². The smallest absolute Gasteiger partial charge is 0.330 e. The predicted molar refractivity (Wildman–Crippen MR) is 62.7 cm³/mol. The predicted octanol–water partition coefficient (Wildman–Crippen LogP) is -1.30. The van der Waals surface area contributed by atoms with E-state index in [9.17, 15) is 14.7 Å². The lowest BCUT2D eigenvalue weighted by Gasteiger charge is -2.16. The van der Waals surface area contributed by atoms with Crippen molar-refractivity contribution >= 4 is 11.6 Å². The van der Waals surface area contributed by atoms with E-state index in [2.05, 4.69) is 4.98 Å². The molecule has 18 heavy (non-hydrogen) atoms. The molecule has 0 spiro atoms. The Morgan fingerprint density at radius 2 is 2.22 bits per heavy atom. The van der Waals surface area contributed by atoms with E-state index in [-0.39, 0.29) is 0 Å². The Kier molecular flexibility index (Phi) is 3.58. The summed E-state index contributed by atoms with van der Waals surface area (Å²) in [5.74, 6) is 0. The van der Waals surface area contributed by atoms with Gasteiger partial charge in [0.2, 0.25) is 0 Å². The molecule has 0 aromatic carbocycles. The molecular weight excluding hydrogens is 264 g/mol. The second kappa shape index (κ2) is 4.85. The van der Waals surface area contributed by atoms with Crippen LogP contribution in [-0.2, 0) is 4.74 Å². The molecule has 3 N–H and O–H groups in total. The molecule has 2 heterocycles. The fourth-order valence-electron chi connectivity index (χ4n) is 1.85. The summed E-state index contributed by atoms with van der Waals surface area (Å²) in [4.78, 5) is 25.0. The highest BCUT2D eigenvalue weighted by Gasteiger charge is 2.43. The van der Waals surface area contributed by atoms with Crippen molar-refractivity contribution in [3.05, 3.63) is 32.6 Å². The van der Waals surface area contributed by atoms with Gasteiger partial charge in [-0.25, -0.2) is 4.79 Å². The van der Waals surface area contributed by atoms with Crippen LogP contribution in [0.15, 0.2) is 15.8 Å². The Balaban J connectivity index is 2.42. The Labute approximate surface area is 107 Å². The minimum atomic E-state index is -1.08. The Morgan fingerprint density at radius 1 is 1.56 bits per heavy atom. The number of H-pyrrole nitrogens is 1. The average Bonchev–Trinajstić information content (AvgIpc) is 2.61. The lowest BCUT2D eigenvalue weighted by Crippen LogP contribution is -2.36. The van der Waals surface area contributed by atoms with E-state index in [1.165, 1.54) is 13.1 Å². The van der Waals surface area contributed by atoms with Crippen LogP contribution in [0.1, 0.15) is 11.8 Å². The first-order chi connectivity index (χ1) is 8.45. The number of aromatic nitrogens is 2. The number of aromatic amines is 1. The van der Waals surface area contributed by atoms with Gasteiger partial charge in [0.15, 0.2) is 6.23 Å². The standard InChI is InChI=1S/C10H13ClN2O5/c1-4-2-13(10(17)12-8(4)16)9-6(11)7(15)5(3-14)18-9/h2,5-7,9,14-15H,3H2,1H3,(H,12,16,17)/t5-,6?,7-,9-/m1/s1. The van der Waals surface area contributed by atoms with Gasteiger partial charge in [-0.2, -0.15) is 0 Å². The van der Waals surface area contributed by atoms with Crippen LogP contribution in [0.2, 0.25) is 0 Å². The van der Waals surface area contributed by atoms with Crippen molar-refractivity contribution in [2.45, 2.75) is 30.7 Å². The average molecular weight is 277 g/mol. The highest BCUT2D eigenvalue weighted by Crippen LogP contribution is 2.32. The van der Waals surface area contributed by atoms with Gasteiger partial charge < -0.3 is 14.9 Å². The van der Waals surface area contributed by atoms with Crippen LogP contribution in [-0.4, -0.2) is 44.0 Å². The molecule has 0 aliphatic carbocycles. The summed E-state index contributed by atoms with van der Waals surface area (Å²) in [7, 11) is 0. The monoisotopic (exact) mass is 276 g/mol. The Morgan fingerprint density at radius 3 is 2.78 bits per heavy atom. The summed E-state index contributed by atoms with van der Waals surface area (Å²) in [5, 5.41) is 17.8. The van der Waals surface area contributed by atoms with Gasteiger partial charge in [0.05, 0.1) is 6.61 Å². The number of halogens is 1. The summed E-state index contributed by atoms with van der Waals surface area (Å²) in [6, 6.07) is 0. The number of hydrogen-bond donors (Lipinski definition) is 3. The number of rotatable bonds is 2. The lowest BCUT2D eigenvalue weighted by atomic mass is 10.2. The summed E-state index contributed by atoms with van der Waals surface area (Å²) in [5.41, 5.74) is -0.837. The molecule has 2 rings (SSSR count). The van der Waals surface area contributed by atoms with E-state index in [4.69, 9.17) is 21.4 Å². The minimum Gasteiger partial charge on any atom is -0.394 e. The first kappa shape index (κ1) is 13.3. The third-order valence-corrected chi connectivity index (χ3v) is 3.37. The maximum atomic E-state index is 11.7. The molecule has 0 saturated carbocycles. The molecule has 0 radical (unpaired) electrons. The van der Waals surface area contributed by atoms with Crippen molar-refractivity contribution in [2.24, 2.45) is 0 Å². The SMILES string of the molecule is Cc1cn([C@@H]2O[C@H](CO)[C@@H](O)C2Cl)c(=O)[nH]c1=O. The summed E-state index contributed by atoms with van der Waals surface area (Å²) < 4.78 is 6.41. The molecule has 1 aromatic heterocycles. The van der Waals surface area contributed by atoms with Gasteiger partial charge in [-0.3, -0.25) is 14.3 Å². The number of ether oxygens (including phenoxy) is 1. The molecule has 4 atom stereocenters. The van der Waals surface area contributed by atoms with Crippen LogP contribution in [0.5, 0.6) is 0 Å². The quantitative estimate of drug-likeness (QED) is 0.583. The van der Waals surface area contributed by atoms with Crippen molar-refractivity contribution in [1.82, 2.24) is 9.55 Å². The van der Waals surface area contributed by atoms with E-state index in [0.717, 1.165) is 4.57 Å². The van der Waals surface area contributed by atoms with E-state index in [1.54, 1.807) is 0 Å². The molecule has 1 aliphatic rings. The molecule has 7 nitrogen and oxygen atoms in total. The molecule has 0 bridgehead atoms. The van der Waals surface area contributed by atoms with E-state index < -0.39 is 41.7 Å². The number of hydrogen-bond acceptors (Lipinski definition) is 5. The molecule has 1 aromatic rings. The number of alkyl halides is 1.